The summed E-state index contributed by atoms with van der Waals surface area (Å²) in [7, 11) is -2.40. The third-order valence-corrected chi connectivity index (χ3v) is 8.08. The van der Waals surface area contributed by atoms with Crippen LogP contribution >= 0.6 is 11.8 Å². The van der Waals surface area contributed by atoms with E-state index in [1.54, 1.807) is 37.5 Å². The predicted octanol–water partition coefficient (Wildman–Crippen LogP) is 6.28. The molecule has 0 N–H and O–H groups in total. The van der Waals surface area contributed by atoms with Gasteiger partial charge in [0.2, 0.25) is 0 Å². The van der Waals surface area contributed by atoms with Gasteiger partial charge in [0.1, 0.15) is 0 Å². The molecule has 0 atom stereocenters. The molecule has 198 valence electrons. The number of benzene rings is 2. The highest BCUT2D eigenvalue weighted by atomic mass is 32.2. The minimum atomic E-state index is -3.97. The Bertz CT molecular complexity index is 1240. The first-order valence-electron chi connectivity index (χ1n) is 12.4. The average Bonchev–Trinajstić information content (AvgIpc) is 3.17. The van der Waals surface area contributed by atoms with Crippen molar-refractivity contribution in [2.45, 2.75) is 50.3 Å². The molecule has 0 unspecified atom stereocenters. The molecule has 0 radical (unpaired) electrons. The number of unbranched alkanes of at least 4 members (excludes halogenated alkanes) is 5. The summed E-state index contributed by atoms with van der Waals surface area (Å²) in [4.78, 5) is 14.8. The number of sulfonamides is 1. The molecule has 0 spiro atoms. The van der Waals surface area contributed by atoms with Crippen molar-refractivity contribution in [3.63, 3.8) is 0 Å². The molecule has 1 amide bonds. The Balaban J connectivity index is 1.75. The molecule has 0 aromatic heterocycles. The lowest BCUT2D eigenvalue weighted by Gasteiger charge is -2.12. The zero-order valence-corrected chi connectivity index (χ0v) is 23.0. The predicted molar refractivity (Wildman–Crippen MR) is 150 cm³/mol. The first-order chi connectivity index (χ1) is 17.9. The molecule has 2 aromatic rings. The number of thioether (sulfide) groups is 1. The maximum absolute atomic E-state index is 13.1. The molecule has 1 saturated heterocycles. The summed E-state index contributed by atoms with van der Waals surface area (Å²) in [6, 6.07) is 13.4. The van der Waals surface area contributed by atoms with Gasteiger partial charge in [0.25, 0.3) is 15.9 Å². The van der Waals surface area contributed by atoms with Crippen LogP contribution in [-0.4, -0.2) is 44.7 Å². The molecule has 0 bridgehead atoms. The summed E-state index contributed by atoms with van der Waals surface area (Å²) in [6.07, 6.45) is 10.3. The molecule has 37 heavy (non-hydrogen) atoms. The van der Waals surface area contributed by atoms with Crippen molar-refractivity contribution in [1.29, 1.82) is 0 Å². The van der Waals surface area contributed by atoms with Crippen LogP contribution in [-0.2, 0) is 14.8 Å². The molecule has 1 aliphatic rings. The van der Waals surface area contributed by atoms with Crippen LogP contribution in [0.4, 0.5) is 0 Å². The first-order valence-corrected chi connectivity index (χ1v) is 14.7. The van der Waals surface area contributed by atoms with E-state index in [0.717, 1.165) is 30.2 Å². The van der Waals surface area contributed by atoms with E-state index in [-0.39, 0.29) is 22.5 Å². The summed E-state index contributed by atoms with van der Waals surface area (Å²) in [5.74, 6) is 0.877. The molecule has 1 aliphatic heterocycles. The Morgan fingerprint density at radius 3 is 2.46 bits per heavy atom. The number of carbonyl (C=O) groups excluding carboxylic acids is 1. The number of methoxy groups -OCH3 is 1. The van der Waals surface area contributed by atoms with Crippen molar-refractivity contribution in [2.24, 2.45) is 4.40 Å². The highest BCUT2D eigenvalue weighted by Crippen LogP contribution is 2.35. The van der Waals surface area contributed by atoms with E-state index in [0.29, 0.717) is 23.0 Å². The second kappa shape index (κ2) is 14.0. The number of hydrogen-bond acceptors (Lipinski definition) is 6. The van der Waals surface area contributed by atoms with Crippen LogP contribution in [0.3, 0.4) is 0 Å². The molecular formula is C28H34N2O5S2. The molecule has 0 saturated carbocycles. The van der Waals surface area contributed by atoms with Gasteiger partial charge in [0.15, 0.2) is 16.7 Å². The SMILES string of the molecule is C=CCN1C(=O)/C(=C/c2ccc(OCCCCCCCC)c(OC)c2)SC1=NS(=O)(=O)c1ccccc1. The Hall–Kier alpha value is -3.04. The number of amides is 1. The number of ether oxygens (including phenoxy) is 2. The monoisotopic (exact) mass is 542 g/mol. The lowest BCUT2D eigenvalue weighted by atomic mass is 10.1. The fraction of sp³-hybridized carbons (Fsp3) is 0.357. The standard InChI is InChI=1S/C28H34N2O5S2/c1-4-6-7-8-9-13-19-35-24-17-16-22(20-25(24)34-3)21-26-27(31)30(18-5-2)28(36-26)29-37(32,33)23-14-11-10-12-15-23/h5,10-12,14-17,20-21H,2,4,6-9,13,18-19H2,1,3H3/b26-21-,29-28?. The van der Waals surface area contributed by atoms with E-state index in [4.69, 9.17) is 9.47 Å². The first kappa shape index (κ1) is 28.5. The normalized spacial score (nSPS) is 15.9. The lowest BCUT2D eigenvalue weighted by Crippen LogP contribution is -2.29. The van der Waals surface area contributed by atoms with Gasteiger partial charge in [0.05, 0.1) is 23.5 Å². The second-order valence-corrected chi connectivity index (χ2v) is 11.1. The van der Waals surface area contributed by atoms with Crippen molar-refractivity contribution >= 4 is 38.9 Å². The molecular weight excluding hydrogens is 508 g/mol. The Kier molecular flexibility index (Phi) is 10.8. The van der Waals surface area contributed by atoms with Crippen LogP contribution < -0.4 is 9.47 Å². The maximum atomic E-state index is 13.1. The van der Waals surface area contributed by atoms with Gasteiger partial charge in [-0.2, -0.15) is 8.42 Å². The van der Waals surface area contributed by atoms with E-state index in [1.165, 1.54) is 48.8 Å². The van der Waals surface area contributed by atoms with E-state index in [9.17, 15) is 13.2 Å². The van der Waals surface area contributed by atoms with Crippen molar-refractivity contribution in [3.05, 3.63) is 71.7 Å². The van der Waals surface area contributed by atoms with Crippen molar-refractivity contribution in [3.8, 4) is 11.5 Å². The average molecular weight is 543 g/mol. The van der Waals surface area contributed by atoms with Crippen LogP contribution in [0, 0.1) is 0 Å². The number of hydrogen-bond donors (Lipinski definition) is 0. The van der Waals surface area contributed by atoms with Gasteiger partial charge in [-0.25, -0.2) is 0 Å². The van der Waals surface area contributed by atoms with Crippen LogP contribution in [0.15, 0.2) is 75.4 Å². The molecule has 9 heteroatoms. The lowest BCUT2D eigenvalue weighted by molar-refractivity contribution is -0.121. The van der Waals surface area contributed by atoms with Gasteiger partial charge in [0, 0.05) is 6.54 Å². The highest BCUT2D eigenvalue weighted by molar-refractivity contribution is 8.19. The van der Waals surface area contributed by atoms with Crippen molar-refractivity contribution < 1.29 is 22.7 Å². The van der Waals surface area contributed by atoms with E-state index >= 15 is 0 Å². The summed E-state index contributed by atoms with van der Waals surface area (Å²) in [5.41, 5.74) is 0.727. The topological polar surface area (TPSA) is 85.3 Å². The van der Waals surface area contributed by atoms with E-state index in [1.807, 2.05) is 12.1 Å². The molecule has 1 heterocycles. The maximum Gasteiger partial charge on any atom is 0.284 e. The number of nitrogens with zero attached hydrogens (tertiary/aromatic N) is 2. The van der Waals surface area contributed by atoms with Gasteiger partial charge in [-0.15, -0.1) is 11.0 Å². The molecule has 3 rings (SSSR count). The van der Waals surface area contributed by atoms with Crippen LogP contribution in [0.2, 0.25) is 0 Å². The van der Waals surface area contributed by atoms with Gasteiger partial charge in [-0.05, 0) is 54.1 Å². The third-order valence-electron chi connectivity index (χ3n) is 5.68. The second-order valence-electron chi connectivity index (χ2n) is 8.50. The Morgan fingerprint density at radius 1 is 1.03 bits per heavy atom. The summed E-state index contributed by atoms with van der Waals surface area (Å²) in [5, 5.41) is 0.0888. The number of amidine groups is 1. The Labute approximate surface area is 224 Å². The number of carbonyl (C=O) groups is 1. The molecule has 1 fully saturated rings. The van der Waals surface area contributed by atoms with Crippen LogP contribution in [0.1, 0.15) is 51.0 Å². The molecule has 0 aliphatic carbocycles. The van der Waals surface area contributed by atoms with Gasteiger partial charge in [-0.3, -0.25) is 9.69 Å². The third kappa shape index (κ3) is 7.97. The minimum Gasteiger partial charge on any atom is -0.493 e. The zero-order valence-electron chi connectivity index (χ0n) is 21.4. The van der Waals surface area contributed by atoms with Crippen LogP contribution in [0.5, 0.6) is 11.5 Å². The molecule has 2 aromatic carbocycles. The van der Waals surface area contributed by atoms with Gasteiger partial charge < -0.3 is 9.47 Å². The summed E-state index contributed by atoms with van der Waals surface area (Å²) < 4.78 is 41.0. The van der Waals surface area contributed by atoms with E-state index in [2.05, 4.69) is 17.9 Å². The zero-order chi connectivity index (χ0) is 26.7. The van der Waals surface area contributed by atoms with E-state index < -0.39 is 10.0 Å². The molecule has 7 nitrogen and oxygen atoms in total. The smallest absolute Gasteiger partial charge is 0.284 e. The number of rotatable bonds is 14. The van der Waals surface area contributed by atoms with Crippen LogP contribution in [0.25, 0.3) is 6.08 Å². The highest BCUT2D eigenvalue weighted by Gasteiger charge is 2.34. The Morgan fingerprint density at radius 2 is 1.76 bits per heavy atom. The van der Waals surface area contributed by atoms with Gasteiger partial charge in [-0.1, -0.05) is 69.4 Å². The van der Waals surface area contributed by atoms with Crippen molar-refractivity contribution in [2.75, 3.05) is 20.3 Å². The summed E-state index contributed by atoms with van der Waals surface area (Å²) >= 11 is 1.01. The fourth-order valence-corrected chi connectivity index (χ4v) is 5.93. The van der Waals surface area contributed by atoms with Crippen molar-refractivity contribution in [1.82, 2.24) is 4.90 Å². The summed E-state index contributed by atoms with van der Waals surface area (Å²) in [6.45, 7) is 6.64. The largest absolute Gasteiger partial charge is 0.493 e. The van der Waals surface area contributed by atoms with Gasteiger partial charge >= 0.3 is 0 Å². The quantitative estimate of drug-likeness (QED) is 0.159. The fourth-order valence-electron chi connectivity index (χ4n) is 3.72. The minimum absolute atomic E-state index is 0.0628.